The van der Waals surface area contributed by atoms with E-state index in [1.165, 1.54) is 0 Å². The molecule has 2 N–H and O–H groups in total. The van der Waals surface area contributed by atoms with Crippen LogP contribution < -0.4 is 10.6 Å². The van der Waals surface area contributed by atoms with Gasteiger partial charge in [0.05, 0.1) is 6.42 Å². The summed E-state index contributed by atoms with van der Waals surface area (Å²) in [4.78, 5) is 35.8. The number of anilines is 1. The van der Waals surface area contributed by atoms with Gasteiger partial charge in [-0.3, -0.25) is 9.59 Å². The van der Waals surface area contributed by atoms with E-state index in [0.29, 0.717) is 11.3 Å². The summed E-state index contributed by atoms with van der Waals surface area (Å²) in [5, 5.41) is 5.22. The van der Waals surface area contributed by atoms with Crippen molar-refractivity contribution in [1.82, 2.24) is 5.32 Å². The highest BCUT2D eigenvalue weighted by atomic mass is 16.5. The lowest BCUT2D eigenvalue weighted by Crippen LogP contribution is -2.31. The highest BCUT2D eigenvalue weighted by molar-refractivity contribution is 5.99. The summed E-state index contributed by atoms with van der Waals surface area (Å²) >= 11 is 0. The summed E-state index contributed by atoms with van der Waals surface area (Å²) in [6.07, 6.45) is -0.0125. The molecule has 27 heavy (non-hydrogen) atoms. The summed E-state index contributed by atoms with van der Waals surface area (Å²) < 4.78 is 5.02. The number of ether oxygens (including phenoxy) is 1. The van der Waals surface area contributed by atoms with Gasteiger partial charge in [-0.2, -0.15) is 0 Å². The smallest absolute Gasteiger partial charge is 0.319 e. The van der Waals surface area contributed by atoms with Crippen molar-refractivity contribution in [3.8, 4) is 0 Å². The Morgan fingerprint density at radius 1 is 0.926 bits per heavy atom. The second kappa shape index (κ2) is 9.52. The molecule has 2 amide bonds. The third kappa shape index (κ3) is 6.26. The van der Waals surface area contributed by atoms with Crippen LogP contribution in [0.1, 0.15) is 33.5 Å². The number of amides is 2. The highest BCUT2D eigenvalue weighted by Crippen LogP contribution is 2.16. The number of nitrogens with one attached hydrogen (secondary N) is 2. The minimum absolute atomic E-state index is 0.0125. The fourth-order valence-corrected chi connectivity index (χ4v) is 2.53. The normalized spacial score (nSPS) is 10.2. The zero-order chi connectivity index (χ0) is 19.8. The molecule has 0 spiro atoms. The van der Waals surface area contributed by atoms with Crippen molar-refractivity contribution in [3.63, 3.8) is 0 Å². The molecule has 0 heterocycles. The third-order valence-electron chi connectivity index (χ3n) is 4.15. The van der Waals surface area contributed by atoms with Crippen LogP contribution in [-0.2, 0) is 9.53 Å². The lowest BCUT2D eigenvalue weighted by atomic mass is 9.98. The minimum Gasteiger partial charge on any atom is -0.457 e. The zero-order valence-electron chi connectivity index (χ0n) is 15.8. The van der Waals surface area contributed by atoms with Gasteiger partial charge in [-0.05, 0) is 55.7 Å². The van der Waals surface area contributed by atoms with E-state index in [1.54, 1.807) is 24.3 Å². The molecule has 2 rings (SSSR count). The molecule has 0 saturated heterocycles. The molecule has 0 aromatic heterocycles. The van der Waals surface area contributed by atoms with Crippen LogP contribution in [0.3, 0.4) is 0 Å². The Morgan fingerprint density at radius 3 is 2.30 bits per heavy atom. The molecule has 0 aliphatic rings. The van der Waals surface area contributed by atoms with Crippen molar-refractivity contribution in [2.45, 2.75) is 27.2 Å². The molecule has 0 radical (unpaired) electrons. The first kappa shape index (κ1) is 20.2. The van der Waals surface area contributed by atoms with Gasteiger partial charge in [-0.15, -0.1) is 0 Å². The lowest BCUT2D eigenvalue weighted by Gasteiger charge is -2.10. The van der Waals surface area contributed by atoms with Gasteiger partial charge in [-0.25, -0.2) is 4.79 Å². The molecule has 142 valence electrons. The number of carbonyl (C=O) groups is 3. The van der Waals surface area contributed by atoms with E-state index >= 15 is 0 Å². The van der Waals surface area contributed by atoms with E-state index in [9.17, 15) is 14.4 Å². The second-order valence-electron chi connectivity index (χ2n) is 6.33. The predicted octanol–water partition coefficient (Wildman–Crippen LogP) is 3.55. The van der Waals surface area contributed by atoms with Gasteiger partial charge < -0.3 is 15.4 Å². The van der Waals surface area contributed by atoms with Crippen molar-refractivity contribution in [3.05, 3.63) is 64.7 Å². The van der Waals surface area contributed by atoms with E-state index in [2.05, 4.69) is 10.6 Å². The third-order valence-corrected chi connectivity index (χ3v) is 4.15. The highest BCUT2D eigenvalue weighted by Gasteiger charge is 2.13. The summed E-state index contributed by atoms with van der Waals surface area (Å²) in [5.41, 5.74) is 4.21. The second-order valence-corrected chi connectivity index (χ2v) is 6.33. The number of Topliss-reactive ketones (excluding diaryl/α,β-unsaturated/α-hetero) is 1. The summed E-state index contributed by atoms with van der Waals surface area (Å²) in [6.45, 7) is 5.59. The Hall–Kier alpha value is -3.15. The molecule has 0 fully saturated rings. The van der Waals surface area contributed by atoms with Crippen LogP contribution in [0.2, 0.25) is 0 Å². The molecular formula is C21H24N2O4. The SMILES string of the molecule is Cc1cc(C)c(C(=O)COC(=O)CCNC(=O)Nc2ccccc2)cc1C. The number of esters is 1. The van der Waals surface area contributed by atoms with Gasteiger partial charge in [0.15, 0.2) is 6.61 Å². The van der Waals surface area contributed by atoms with Gasteiger partial charge in [0.2, 0.25) is 5.78 Å². The summed E-state index contributed by atoms with van der Waals surface area (Å²) in [6, 6.07) is 12.3. The van der Waals surface area contributed by atoms with Crippen molar-refractivity contribution < 1.29 is 19.1 Å². The van der Waals surface area contributed by atoms with Gasteiger partial charge in [-0.1, -0.05) is 24.3 Å². The van der Waals surface area contributed by atoms with Gasteiger partial charge >= 0.3 is 12.0 Å². The molecular weight excluding hydrogens is 344 g/mol. The predicted molar refractivity (Wildman–Crippen MR) is 104 cm³/mol. The Labute approximate surface area is 158 Å². The first-order valence-corrected chi connectivity index (χ1v) is 8.73. The number of benzene rings is 2. The Balaban J connectivity index is 1.72. The standard InChI is InChI=1S/C21H24N2O4/c1-14-11-16(3)18(12-15(14)2)19(24)13-27-20(25)9-10-22-21(26)23-17-7-5-4-6-8-17/h4-8,11-12H,9-10,13H2,1-3H3,(H2,22,23,26). The number of carbonyl (C=O) groups excluding carboxylic acids is 3. The lowest BCUT2D eigenvalue weighted by molar-refractivity contribution is -0.142. The summed E-state index contributed by atoms with van der Waals surface area (Å²) in [7, 11) is 0. The maximum absolute atomic E-state index is 12.3. The maximum atomic E-state index is 12.3. The first-order chi connectivity index (χ1) is 12.9. The molecule has 0 unspecified atom stereocenters. The van der Waals surface area contributed by atoms with Crippen LogP contribution in [0, 0.1) is 20.8 Å². The van der Waals surface area contributed by atoms with Crippen LogP contribution in [0.25, 0.3) is 0 Å². The average Bonchev–Trinajstić information content (AvgIpc) is 2.63. The molecule has 2 aromatic carbocycles. The molecule has 2 aromatic rings. The van der Waals surface area contributed by atoms with Crippen molar-refractivity contribution in [1.29, 1.82) is 0 Å². The topological polar surface area (TPSA) is 84.5 Å². The zero-order valence-corrected chi connectivity index (χ0v) is 15.8. The molecule has 0 aliphatic heterocycles. The number of hydrogen-bond acceptors (Lipinski definition) is 4. The number of aryl methyl sites for hydroxylation is 3. The summed E-state index contributed by atoms with van der Waals surface area (Å²) in [5.74, 6) is -0.774. The van der Waals surface area contributed by atoms with E-state index in [4.69, 9.17) is 4.74 Å². The Morgan fingerprint density at radius 2 is 1.59 bits per heavy atom. The van der Waals surface area contributed by atoms with E-state index in [0.717, 1.165) is 16.7 Å². The number of rotatable bonds is 7. The van der Waals surface area contributed by atoms with Crippen LogP contribution in [0.15, 0.2) is 42.5 Å². The minimum atomic E-state index is -0.537. The van der Waals surface area contributed by atoms with E-state index in [-0.39, 0.29) is 25.4 Å². The molecule has 0 aliphatic carbocycles. The number of ketones is 1. The Kier molecular flexibility index (Phi) is 7.11. The Bertz CT molecular complexity index is 832. The van der Waals surface area contributed by atoms with Gasteiger partial charge in [0.25, 0.3) is 0 Å². The number of hydrogen-bond donors (Lipinski definition) is 2. The fraction of sp³-hybridized carbons (Fsp3) is 0.286. The van der Waals surface area contributed by atoms with Crippen molar-refractivity contribution in [2.24, 2.45) is 0 Å². The van der Waals surface area contributed by atoms with Crippen LogP contribution in [0.4, 0.5) is 10.5 Å². The van der Waals surface area contributed by atoms with Crippen LogP contribution in [-0.4, -0.2) is 30.9 Å². The van der Waals surface area contributed by atoms with E-state index < -0.39 is 12.0 Å². The molecule has 0 bridgehead atoms. The van der Waals surface area contributed by atoms with Gasteiger partial charge in [0.1, 0.15) is 0 Å². The quantitative estimate of drug-likeness (QED) is 0.578. The van der Waals surface area contributed by atoms with Crippen molar-refractivity contribution in [2.75, 3.05) is 18.5 Å². The number of para-hydroxylation sites is 1. The van der Waals surface area contributed by atoms with Crippen LogP contribution >= 0.6 is 0 Å². The van der Waals surface area contributed by atoms with Gasteiger partial charge in [0, 0.05) is 17.8 Å². The maximum Gasteiger partial charge on any atom is 0.319 e. The fourth-order valence-electron chi connectivity index (χ4n) is 2.53. The van der Waals surface area contributed by atoms with Crippen molar-refractivity contribution >= 4 is 23.5 Å². The monoisotopic (exact) mass is 368 g/mol. The molecule has 6 heteroatoms. The molecule has 0 saturated carbocycles. The average molecular weight is 368 g/mol. The largest absolute Gasteiger partial charge is 0.457 e. The molecule has 6 nitrogen and oxygen atoms in total. The van der Waals surface area contributed by atoms with Crippen LogP contribution in [0.5, 0.6) is 0 Å². The van der Waals surface area contributed by atoms with E-state index in [1.807, 2.05) is 39.0 Å². The first-order valence-electron chi connectivity index (χ1n) is 8.73. The molecule has 0 atom stereocenters. The number of urea groups is 1.